The van der Waals surface area contributed by atoms with E-state index in [1.165, 1.54) is 6.26 Å². The number of fused-ring (bicyclic) bond motifs is 1. The first kappa shape index (κ1) is 16.7. The standard InChI is InChI=1S/C19H23NO4/c1-3-23-19(22)16-6-4-5-9-20(16)11-14-12-24-17-8-7-13(2)10-15(17)18(14)21/h7-8,10,12,16H,3-6,9,11H2,1-2H3/t16-/m0/s1. The summed E-state index contributed by atoms with van der Waals surface area (Å²) >= 11 is 0. The van der Waals surface area contributed by atoms with Crippen LogP contribution < -0.4 is 5.43 Å². The molecule has 0 saturated carbocycles. The lowest BCUT2D eigenvalue weighted by atomic mass is 10.0. The summed E-state index contributed by atoms with van der Waals surface area (Å²) in [7, 11) is 0. The molecular weight excluding hydrogens is 306 g/mol. The SMILES string of the molecule is CCOC(=O)[C@@H]1CCCCN1Cc1coc2ccc(C)cc2c1=O. The molecule has 1 atom stereocenters. The van der Waals surface area contributed by atoms with Gasteiger partial charge in [-0.05, 0) is 45.4 Å². The fourth-order valence-corrected chi connectivity index (χ4v) is 3.30. The van der Waals surface area contributed by atoms with Gasteiger partial charge in [0.25, 0.3) is 0 Å². The fourth-order valence-electron chi connectivity index (χ4n) is 3.30. The maximum atomic E-state index is 12.8. The third kappa shape index (κ3) is 3.36. The van der Waals surface area contributed by atoms with E-state index in [2.05, 4.69) is 0 Å². The Balaban J connectivity index is 1.89. The van der Waals surface area contributed by atoms with Gasteiger partial charge in [-0.3, -0.25) is 14.5 Å². The van der Waals surface area contributed by atoms with E-state index in [9.17, 15) is 9.59 Å². The van der Waals surface area contributed by atoms with Crippen LogP contribution in [-0.2, 0) is 16.1 Å². The van der Waals surface area contributed by atoms with Crippen LogP contribution in [0.25, 0.3) is 11.0 Å². The van der Waals surface area contributed by atoms with E-state index in [4.69, 9.17) is 9.15 Å². The summed E-state index contributed by atoms with van der Waals surface area (Å²) in [6, 6.07) is 5.32. The van der Waals surface area contributed by atoms with Gasteiger partial charge in [0.1, 0.15) is 11.6 Å². The molecule has 24 heavy (non-hydrogen) atoms. The monoisotopic (exact) mass is 329 g/mol. The number of aryl methyl sites for hydroxylation is 1. The van der Waals surface area contributed by atoms with Gasteiger partial charge in [0.2, 0.25) is 0 Å². The Morgan fingerprint density at radius 2 is 2.21 bits per heavy atom. The Kier molecular flexibility index (Phi) is 5.00. The zero-order valence-corrected chi connectivity index (χ0v) is 14.2. The maximum Gasteiger partial charge on any atom is 0.323 e. The number of rotatable bonds is 4. The molecule has 1 saturated heterocycles. The lowest BCUT2D eigenvalue weighted by Gasteiger charge is -2.33. The van der Waals surface area contributed by atoms with Gasteiger partial charge in [0.15, 0.2) is 5.43 Å². The van der Waals surface area contributed by atoms with Crippen molar-refractivity contribution in [2.75, 3.05) is 13.2 Å². The van der Waals surface area contributed by atoms with Crippen molar-refractivity contribution in [2.24, 2.45) is 0 Å². The van der Waals surface area contributed by atoms with E-state index < -0.39 is 0 Å². The minimum absolute atomic E-state index is 0.0202. The number of hydrogen-bond donors (Lipinski definition) is 0. The van der Waals surface area contributed by atoms with E-state index in [1.807, 2.05) is 36.9 Å². The first-order valence-corrected chi connectivity index (χ1v) is 8.52. The second kappa shape index (κ2) is 7.18. The highest BCUT2D eigenvalue weighted by Crippen LogP contribution is 2.21. The molecule has 1 aromatic heterocycles. The first-order chi connectivity index (χ1) is 11.6. The molecule has 2 heterocycles. The van der Waals surface area contributed by atoms with Crippen molar-refractivity contribution in [1.29, 1.82) is 0 Å². The molecule has 1 aliphatic heterocycles. The molecule has 5 nitrogen and oxygen atoms in total. The minimum Gasteiger partial charge on any atom is -0.465 e. The third-order valence-electron chi connectivity index (χ3n) is 4.55. The zero-order chi connectivity index (χ0) is 17.1. The highest BCUT2D eigenvalue weighted by Gasteiger charge is 2.30. The van der Waals surface area contributed by atoms with E-state index in [1.54, 1.807) is 0 Å². The molecule has 1 fully saturated rings. The number of carbonyl (C=O) groups excluding carboxylic acids is 1. The molecule has 2 aromatic rings. The molecule has 5 heteroatoms. The number of piperidine rings is 1. The van der Waals surface area contributed by atoms with Crippen molar-refractivity contribution in [3.8, 4) is 0 Å². The van der Waals surface area contributed by atoms with E-state index in [0.717, 1.165) is 31.4 Å². The summed E-state index contributed by atoms with van der Waals surface area (Å²) < 4.78 is 10.8. The number of nitrogens with zero attached hydrogens (tertiary/aromatic N) is 1. The van der Waals surface area contributed by atoms with E-state index in [0.29, 0.717) is 29.7 Å². The Bertz CT molecular complexity index is 796. The van der Waals surface area contributed by atoms with Gasteiger partial charge >= 0.3 is 5.97 Å². The van der Waals surface area contributed by atoms with E-state index in [-0.39, 0.29) is 17.4 Å². The lowest BCUT2D eigenvalue weighted by molar-refractivity contribution is -0.151. The summed E-state index contributed by atoms with van der Waals surface area (Å²) in [5, 5.41) is 0.595. The number of likely N-dealkylation sites (tertiary alicyclic amines) is 1. The Morgan fingerprint density at radius 3 is 3.00 bits per heavy atom. The van der Waals surface area contributed by atoms with Crippen LogP contribution >= 0.6 is 0 Å². The highest BCUT2D eigenvalue weighted by atomic mass is 16.5. The van der Waals surface area contributed by atoms with Gasteiger partial charge < -0.3 is 9.15 Å². The molecule has 1 aromatic carbocycles. The van der Waals surface area contributed by atoms with Crippen molar-refractivity contribution < 1.29 is 13.9 Å². The van der Waals surface area contributed by atoms with Gasteiger partial charge in [0, 0.05) is 12.1 Å². The van der Waals surface area contributed by atoms with Crippen molar-refractivity contribution in [2.45, 2.75) is 45.7 Å². The first-order valence-electron chi connectivity index (χ1n) is 8.52. The zero-order valence-electron chi connectivity index (χ0n) is 14.2. The third-order valence-corrected chi connectivity index (χ3v) is 4.55. The van der Waals surface area contributed by atoms with Gasteiger partial charge in [-0.1, -0.05) is 18.1 Å². The number of benzene rings is 1. The molecular formula is C19H23NO4. The topological polar surface area (TPSA) is 59.8 Å². The van der Waals surface area contributed by atoms with Gasteiger partial charge in [-0.25, -0.2) is 0 Å². The molecule has 0 spiro atoms. The minimum atomic E-state index is -0.272. The van der Waals surface area contributed by atoms with Crippen LogP contribution in [0, 0.1) is 6.92 Å². The van der Waals surface area contributed by atoms with Gasteiger partial charge in [0.05, 0.1) is 18.3 Å². The van der Waals surface area contributed by atoms with Crippen molar-refractivity contribution >= 4 is 16.9 Å². The second-order valence-corrected chi connectivity index (χ2v) is 6.32. The van der Waals surface area contributed by atoms with Crippen molar-refractivity contribution in [3.05, 3.63) is 45.8 Å². The molecule has 1 aliphatic rings. The fraction of sp³-hybridized carbons (Fsp3) is 0.474. The Hall–Kier alpha value is -2.14. The predicted octanol–water partition coefficient (Wildman–Crippen LogP) is 3.02. The van der Waals surface area contributed by atoms with Crippen molar-refractivity contribution in [1.82, 2.24) is 4.90 Å². The number of ether oxygens (including phenoxy) is 1. The normalized spacial score (nSPS) is 18.7. The predicted molar refractivity (Wildman–Crippen MR) is 91.9 cm³/mol. The van der Waals surface area contributed by atoms with Crippen LogP contribution in [0.5, 0.6) is 0 Å². The number of esters is 1. The number of carbonyl (C=O) groups is 1. The smallest absolute Gasteiger partial charge is 0.323 e. The molecule has 0 N–H and O–H groups in total. The summed E-state index contributed by atoms with van der Waals surface area (Å²) in [5.74, 6) is -0.196. The number of hydrogen-bond acceptors (Lipinski definition) is 5. The van der Waals surface area contributed by atoms with Crippen LogP contribution in [0.1, 0.15) is 37.3 Å². The van der Waals surface area contributed by atoms with Crippen LogP contribution in [0.2, 0.25) is 0 Å². The molecule has 128 valence electrons. The highest BCUT2D eigenvalue weighted by molar-refractivity contribution is 5.78. The van der Waals surface area contributed by atoms with Crippen molar-refractivity contribution in [3.63, 3.8) is 0 Å². The molecule has 0 unspecified atom stereocenters. The van der Waals surface area contributed by atoms with E-state index >= 15 is 0 Å². The summed E-state index contributed by atoms with van der Waals surface area (Å²) in [6.07, 6.45) is 4.33. The molecule has 0 aliphatic carbocycles. The molecule has 0 radical (unpaired) electrons. The summed E-state index contributed by atoms with van der Waals surface area (Å²) in [6.45, 7) is 5.34. The van der Waals surface area contributed by atoms with Crippen LogP contribution in [0.3, 0.4) is 0 Å². The maximum absolute atomic E-state index is 12.8. The van der Waals surface area contributed by atoms with Crippen LogP contribution in [-0.4, -0.2) is 30.1 Å². The summed E-state index contributed by atoms with van der Waals surface area (Å²) in [4.78, 5) is 27.0. The quantitative estimate of drug-likeness (QED) is 0.807. The van der Waals surface area contributed by atoms with Crippen LogP contribution in [0.4, 0.5) is 0 Å². The summed E-state index contributed by atoms with van der Waals surface area (Å²) in [5.41, 5.74) is 2.18. The molecule has 0 bridgehead atoms. The second-order valence-electron chi connectivity index (χ2n) is 6.32. The lowest BCUT2D eigenvalue weighted by Crippen LogP contribution is -2.45. The molecule has 3 rings (SSSR count). The van der Waals surface area contributed by atoms with Gasteiger partial charge in [-0.2, -0.15) is 0 Å². The average Bonchev–Trinajstić information content (AvgIpc) is 2.58. The Labute approximate surface area is 141 Å². The van der Waals surface area contributed by atoms with Gasteiger partial charge in [-0.15, -0.1) is 0 Å². The average molecular weight is 329 g/mol. The van der Waals surface area contributed by atoms with Crippen LogP contribution in [0.15, 0.2) is 33.7 Å². The Morgan fingerprint density at radius 1 is 1.38 bits per heavy atom. The molecule has 0 amide bonds. The largest absolute Gasteiger partial charge is 0.465 e.